The molecule has 0 spiro atoms. The zero-order chi connectivity index (χ0) is 15.8. The van der Waals surface area contributed by atoms with Crippen LogP contribution in [0.1, 0.15) is 34.9 Å². The van der Waals surface area contributed by atoms with Crippen LogP contribution in [0, 0.1) is 0 Å². The van der Waals surface area contributed by atoms with E-state index in [1.807, 2.05) is 62.6 Å². The molecule has 0 amide bonds. The molecule has 3 nitrogen and oxygen atoms in total. The number of esters is 1. The van der Waals surface area contributed by atoms with Crippen molar-refractivity contribution in [1.82, 2.24) is 4.90 Å². The standard InChI is InChI=1S/C19H23NO2.ClH/c1-20(2)15-9-14-18(16-10-5-3-6-11-16)22-19(21)17-12-7-4-8-13-17;/h3-8,10-13,18H,9,14-15H2,1-2H3;1H. The Morgan fingerprint density at radius 1 is 1.00 bits per heavy atom. The summed E-state index contributed by atoms with van der Waals surface area (Å²) < 4.78 is 5.75. The zero-order valence-corrected chi connectivity index (χ0v) is 14.5. The number of rotatable bonds is 7. The fraction of sp³-hybridized carbons (Fsp3) is 0.316. The first-order chi connectivity index (χ1) is 10.7. The molecule has 1 unspecified atom stereocenters. The number of halogens is 1. The van der Waals surface area contributed by atoms with Crippen LogP contribution < -0.4 is 0 Å². The summed E-state index contributed by atoms with van der Waals surface area (Å²) in [7, 11) is 4.10. The Labute approximate surface area is 144 Å². The van der Waals surface area contributed by atoms with Crippen LogP contribution in [0.15, 0.2) is 60.7 Å². The maximum atomic E-state index is 12.3. The van der Waals surface area contributed by atoms with Crippen molar-refractivity contribution >= 4 is 18.4 Å². The van der Waals surface area contributed by atoms with Gasteiger partial charge < -0.3 is 9.64 Å². The summed E-state index contributed by atoms with van der Waals surface area (Å²) in [6.45, 7) is 0.978. The second kappa shape index (κ2) is 10.0. The molecule has 0 saturated heterocycles. The Balaban J connectivity index is 0.00000264. The highest BCUT2D eigenvalue weighted by atomic mass is 35.5. The van der Waals surface area contributed by atoms with E-state index < -0.39 is 0 Å². The molecule has 0 aromatic heterocycles. The van der Waals surface area contributed by atoms with Crippen molar-refractivity contribution in [3.8, 4) is 0 Å². The number of hydrogen-bond donors (Lipinski definition) is 0. The van der Waals surface area contributed by atoms with E-state index in [1.54, 1.807) is 12.1 Å². The second-order valence-corrected chi connectivity index (χ2v) is 5.62. The van der Waals surface area contributed by atoms with Gasteiger partial charge in [-0.25, -0.2) is 4.79 Å². The number of carbonyl (C=O) groups is 1. The molecule has 0 bridgehead atoms. The van der Waals surface area contributed by atoms with Gasteiger partial charge in [-0.2, -0.15) is 0 Å². The van der Waals surface area contributed by atoms with Gasteiger partial charge >= 0.3 is 5.97 Å². The minimum Gasteiger partial charge on any atom is -0.454 e. The Morgan fingerprint density at radius 3 is 2.13 bits per heavy atom. The monoisotopic (exact) mass is 333 g/mol. The fourth-order valence-corrected chi connectivity index (χ4v) is 2.33. The molecule has 0 radical (unpaired) electrons. The fourth-order valence-electron chi connectivity index (χ4n) is 2.33. The summed E-state index contributed by atoms with van der Waals surface area (Å²) in [6.07, 6.45) is 1.60. The molecule has 23 heavy (non-hydrogen) atoms. The first-order valence-corrected chi connectivity index (χ1v) is 7.62. The summed E-state index contributed by atoms with van der Waals surface area (Å²) in [6, 6.07) is 19.1. The number of benzene rings is 2. The van der Waals surface area contributed by atoms with Gasteiger partial charge in [-0.05, 0) is 51.2 Å². The second-order valence-electron chi connectivity index (χ2n) is 5.62. The molecular formula is C19H24ClNO2. The summed E-state index contributed by atoms with van der Waals surface area (Å²) >= 11 is 0. The molecular weight excluding hydrogens is 310 g/mol. The predicted octanol–water partition coefficient (Wildman–Crippen LogP) is 4.35. The van der Waals surface area contributed by atoms with E-state index in [-0.39, 0.29) is 24.5 Å². The third-order valence-corrected chi connectivity index (χ3v) is 3.50. The van der Waals surface area contributed by atoms with Crippen molar-refractivity contribution in [2.24, 2.45) is 0 Å². The maximum Gasteiger partial charge on any atom is 0.338 e. The number of hydrogen-bond acceptors (Lipinski definition) is 3. The van der Waals surface area contributed by atoms with Crippen LogP contribution in [0.2, 0.25) is 0 Å². The highest BCUT2D eigenvalue weighted by Gasteiger charge is 2.17. The van der Waals surface area contributed by atoms with Crippen LogP contribution in [0.4, 0.5) is 0 Å². The van der Waals surface area contributed by atoms with E-state index in [2.05, 4.69) is 4.90 Å². The van der Waals surface area contributed by atoms with Crippen molar-refractivity contribution < 1.29 is 9.53 Å². The smallest absolute Gasteiger partial charge is 0.338 e. The molecule has 124 valence electrons. The van der Waals surface area contributed by atoms with Crippen LogP contribution in [0.3, 0.4) is 0 Å². The van der Waals surface area contributed by atoms with E-state index in [9.17, 15) is 4.79 Å². The third-order valence-electron chi connectivity index (χ3n) is 3.50. The molecule has 0 aliphatic carbocycles. The molecule has 0 aliphatic heterocycles. The van der Waals surface area contributed by atoms with Gasteiger partial charge in [-0.3, -0.25) is 0 Å². The normalized spacial score (nSPS) is 11.6. The molecule has 0 aliphatic rings. The maximum absolute atomic E-state index is 12.3. The summed E-state index contributed by atoms with van der Waals surface area (Å²) in [4.78, 5) is 14.4. The first-order valence-electron chi connectivity index (χ1n) is 7.62. The third kappa shape index (κ3) is 6.43. The van der Waals surface area contributed by atoms with Crippen molar-refractivity contribution in [1.29, 1.82) is 0 Å². The van der Waals surface area contributed by atoms with E-state index in [0.717, 1.165) is 24.9 Å². The average Bonchev–Trinajstić information content (AvgIpc) is 2.55. The van der Waals surface area contributed by atoms with Crippen molar-refractivity contribution in [2.75, 3.05) is 20.6 Å². The molecule has 2 rings (SSSR count). The van der Waals surface area contributed by atoms with Crippen molar-refractivity contribution in [2.45, 2.75) is 18.9 Å². The highest BCUT2D eigenvalue weighted by Crippen LogP contribution is 2.24. The Hall–Kier alpha value is -1.84. The van der Waals surface area contributed by atoms with Crippen LogP contribution in [-0.4, -0.2) is 31.5 Å². The Bertz CT molecular complexity index is 572. The van der Waals surface area contributed by atoms with Crippen LogP contribution in [-0.2, 0) is 4.74 Å². The minimum absolute atomic E-state index is 0. The summed E-state index contributed by atoms with van der Waals surface area (Å²) in [5.74, 6) is -0.265. The zero-order valence-electron chi connectivity index (χ0n) is 13.6. The van der Waals surface area contributed by atoms with E-state index in [4.69, 9.17) is 4.74 Å². The van der Waals surface area contributed by atoms with E-state index >= 15 is 0 Å². The van der Waals surface area contributed by atoms with Gasteiger partial charge in [0.05, 0.1) is 5.56 Å². The van der Waals surface area contributed by atoms with Gasteiger partial charge in [0.1, 0.15) is 6.10 Å². The lowest BCUT2D eigenvalue weighted by atomic mass is 10.0. The number of nitrogens with zero attached hydrogens (tertiary/aromatic N) is 1. The molecule has 0 heterocycles. The van der Waals surface area contributed by atoms with E-state index in [1.165, 1.54) is 0 Å². The lowest BCUT2D eigenvalue weighted by Crippen LogP contribution is -2.16. The highest BCUT2D eigenvalue weighted by molar-refractivity contribution is 5.89. The molecule has 0 saturated carbocycles. The van der Waals surface area contributed by atoms with Gasteiger partial charge in [0.2, 0.25) is 0 Å². The van der Waals surface area contributed by atoms with Gasteiger partial charge in [0.25, 0.3) is 0 Å². The molecule has 4 heteroatoms. The lowest BCUT2D eigenvalue weighted by molar-refractivity contribution is 0.0268. The van der Waals surface area contributed by atoms with E-state index in [0.29, 0.717) is 5.56 Å². The van der Waals surface area contributed by atoms with Crippen LogP contribution >= 0.6 is 12.4 Å². The molecule has 0 N–H and O–H groups in total. The summed E-state index contributed by atoms with van der Waals surface area (Å²) in [5.41, 5.74) is 1.64. The topological polar surface area (TPSA) is 29.5 Å². The molecule has 0 fully saturated rings. The van der Waals surface area contributed by atoms with Crippen LogP contribution in [0.5, 0.6) is 0 Å². The largest absolute Gasteiger partial charge is 0.454 e. The Kier molecular flexibility index (Phi) is 8.38. The molecule has 2 aromatic carbocycles. The van der Waals surface area contributed by atoms with Gasteiger partial charge in [0, 0.05) is 0 Å². The lowest BCUT2D eigenvalue weighted by Gasteiger charge is -2.19. The molecule has 1 atom stereocenters. The van der Waals surface area contributed by atoms with Gasteiger partial charge in [-0.1, -0.05) is 48.5 Å². The summed E-state index contributed by atoms with van der Waals surface area (Å²) in [5, 5.41) is 0. The quantitative estimate of drug-likeness (QED) is 0.705. The predicted molar refractivity (Wildman–Crippen MR) is 96.1 cm³/mol. The van der Waals surface area contributed by atoms with Crippen LogP contribution in [0.25, 0.3) is 0 Å². The van der Waals surface area contributed by atoms with Gasteiger partial charge in [-0.15, -0.1) is 12.4 Å². The van der Waals surface area contributed by atoms with Crippen molar-refractivity contribution in [3.05, 3.63) is 71.8 Å². The first kappa shape index (κ1) is 19.2. The average molecular weight is 334 g/mol. The number of ether oxygens (including phenoxy) is 1. The Morgan fingerprint density at radius 2 is 1.57 bits per heavy atom. The van der Waals surface area contributed by atoms with Crippen molar-refractivity contribution in [3.63, 3.8) is 0 Å². The SMILES string of the molecule is CN(C)CCCC(OC(=O)c1ccccc1)c1ccccc1.Cl. The van der Waals surface area contributed by atoms with Gasteiger partial charge in [0.15, 0.2) is 0 Å². The minimum atomic E-state index is -0.265. The number of carbonyl (C=O) groups excluding carboxylic acids is 1. The molecule has 2 aromatic rings.